The van der Waals surface area contributed by atoms with Crippen LogP contribution in [0.15, 0.2) is 18.2 Å². The molecule has 0 fully saturated rings. The van der Waals surface area contributed by atoms with Gasteiger partial charge in [0.15, 0.2) is 0 Å². The number of hydrogen-bond acceptors (Lipinski definition) is 3. The van der Waals surface area contributed by atoms with E-state index in [9.17, 15) is 9.90 Å². The van der Waals surface area contributed by atoms with Crippen molar-refractivity contribution in [1.29, 1.82) is 0 Å². The van der Waals surface area contributed by atoms with Crippen LogP contribution in [0.1, 0.15) is 30.0 Å². The van der Waals surface area contributed by atoms with Gasteiger partial charge in [-0.05, 0) is 39.0 Å². The zero-order valence-electron chi connectivity index (χ0n) is 12.8. The van der Waals surface area contributed by atoms with Crippen LogP contribution in [-0.2, 0) is 11.2 Å². The summed E-state index contributed by atoms with van der Waals surface area (Å²) >= 11 is 1.57. The summed E-state index contributed by atoms with van der Waals surface area (Å²) in [5.74, 6) is 0.0455. The number of aliphatic hydroxyl groups is 1. The molecule has 2 N–H and O–H groups in total. The molecular formula is C16H25NO2S. The molecule has 112 valence electrons. The van der Waals surface area contributed by atoms with E-state index in [1.54, 1.807) is 11.8 Å². The highest BCUT2D eigenvalue weighted by Crippen LogP contribution is 2.12. The van der Waals surface area contributed by atoms with Gasteiger partial charge in [-0.25, -0.2) is 0 Å². The molecule has 3 nitrogen and oxygen atoms in total. The van der Waals surface area contributed by atoms with Gasteiger partial charge in [0.25, 0.3) is 0 Å². The molecule has 2 unspecified atom stereocenters. The second-order valence-electron chi connectivity index (χ2n) is 5.31. The summed E-state index contributed by atoms with van der Waals surface area (Å²) in [7, 11) is 0. The average molecular weight is 295 g/mol. The molecule has 20 heavy (non-hydrogen) atoms. The SMILES string of the molecule is CSC(CO)C(C)NC(=O)CCc1cc(C)cc(C)c1. The molecule has 0 aliphatic heterocycles. The second-order valence-corrected chi connectivity index (χ2v) is 6.39. The van der Waals surface area contributed by atoms with Gasteiger partial charge in [0, 0.05) is 17.7 Å². The number of aliphatic hydroxyl groups excluding tert-OH is 1. The first-order chi connectivity index (χ1) is 9.46. The van der Waals surface area contributed by atoms with Gasteiger partial charge in [0.2, 0.25) is 5.91 Å². The van der Waals surface area contributed by atoms with Crippen molar-refractivity contribution < 1.29 is 9.90 Å². The first-order valence-electron chi connectivity index (χ1n) is 6.96. The van der Waals surface area contributed by atoms with Gasteiger partial charge in [-0.1, -0.05) is 29.3 Å². The monoisotopic (exact) mass is 295 g/mol. The summed E-state index contributed by atoms with van der Waals surface area (Å²) < 4.78 is 0. The molecule has 0 spiro atoms. The Hall–Kier alpha value is -1.00. The normalized spacial score (nSPS) is 13.8. The summed E-state index contributed by atoms with van der Waals surface area (Å²) in [5.41, 5.74) is 3.67. The molecule has 0 aromatic heterocycles. The number of carbonyl (C=O) groups is 1. The van der Waals surface area contributed by atoms with Gasteiger partial charge in [-0.2, -0.15) is 11.8 Å². The molecule has 1 aromatic rings. The molecule has 1 amide bonds. The number of rotatable bonds is 7. The molecule has 2 atom stereocenters. The van der Waals surface area contributed by atoms with E-state index in [-0.39, 0.29) is 23.8 Å². The van der Waals surface area contributed by atoms with E-state index in [1.165, 1.54) is 16.7 Å². The smallest absolute Gasteiger partial charge is 0.220 e. The molecule has 0 heterocycles. The van der Waals surface area contributed by atoms with Gasteiger partial charge < -0.3 is 10.4 Å². The molecule has 0 aliphatic rings. The highest BCUT2D eigenvalue weighted by atomic mass is 32.2. The van der Waals surface area contributed by atoms with Crippen LogP contribution in [0.5, 0.6) is 0 Å². The lowest BCUT2D eigenvalue weighted by molar-refractivity contribution is -0.121. The summed E-state index contributed by atoms with van der Waals surface area (Å²) in [6, 6.07) is 6.38. The second kappa shape index (κ2) is 8.32. The average Bonchev–Trinajstić information content (AvgIpc) is 2.36. The summed E-state index contributed by atoms with van der Waals surface area (Å²) in [6.45, 7) is 6.16. The molecule has 0 radical (unpaired) electrons. The maximum Gasteiger partial charge on any atom is 0.220 e. The van der Waals surface area contributed by atoms with Crippen LogP contribution in [0.3, 0.4) is 0 Å². The first kappa shape index (κ1) is 17.1. The fourth-order valence-corrected chi connectivity index (χ4v) is 2.95. The Bertz CT molecular complexity index is 424. The number of hydrogen-bond donors (Lipinski definition) is 2. The van der Waals surface area contributed by atoms with Crippen molar-refractivity contribution >= 4 is 17.7 Å². The van der Waals surface area contributed by atoms with Gasteiger partial charge in [-0.15, -0.1) is 0 Å². The van der Waals surface area contributed by atoms with Crippen LogP contribution >= 0.6 is 11.8 Å². The lowest BCUT2D eigenvalue weighted by Gasteiger charge is -2.21. The summed E-state index contributed by atoms with van der Waals surface area (Å²) in [5, 5.41) is 12.2. The van der Waals surface area contributed by atoms with E-state index < -0.39 is 0 Å². The third-order valence-corrected chi connectivity index (χ3v) is 4.51. The van der Waals surface area contributed by atoms with Crippen molar-refractivity contribution in [3.05, 3.63) is 34.9 Å². The number of thioether (sulfide) groups is 1. The third-order valence-electron chi connectivity index (χ3n) is 3.35. The van der Waals surface area contributed by atoms with Gasteiger partial charge >= 0.3 is 0 Å². The van der Waals surface area contributed by atoms with Crippen molar-refractivity contribution in [3.63, 3.8) is 0 Å². The van der Waals surface area contributed by atoms with Crippen molar-refractivity contribution in [2.75, 3.05) is 12.9 Å². The fourth-order valence-electron chi connectivity index (χ4n) is 2.33. The van der Waals surface area contributed by atoms with Crippen molar-refractivity contribution in [2.24, 2.45) is 0 Å². The standard InChI is InChI=1S/C16H25NO2S/c1-11-7-12(2)9-14(8-11)5-6-16(19)17-13(3)15(10-18)20-4/h7-9,13,15,18H,5-6,10H2,1-4H3,(H,17,19). The van der Waals surface area contributed by atoms with E-state index in [4.69, 9.17) is 0 Å². The minimum atomic E-state index is -0.0123. The lowest BCUT2D eigenvalue weighted by atomic mass is 10.0. The van der Waals surface area contributed by atoms with Crippen LogP contribution in [0.2, 0.25) is 0 Å². The zero-order chi connectivity index (χ0) is 15.1. The number of nitrogens with one attached hydrogen (secondary N) is 1. The topological polar surface area (TPSA) is 49.3 Å². The Morgan fingerprint density at radius 1 is 1.30 bits per heavy atom. The maximum atomic E-state index is 11.9. The Morgan fingerprint density at radius 3 is 2.40 bits per heavy atom. The largest absolute Gasteiger partial charge is 0.395 e. The Morgan fingerprint density at radius 2 is 1.90 bits per heavy atom. The molecule has 0 saturated heterocycles. The summed E-state index contributed by atoms with van der Waals surface area (Å²) in [4.78, 5) is 11.9. The van der Waals surface area contributed by atoms with E-state index in [0.29, 0.717) is 6.42 Å². The minimum Gasteiger partial charge on any atom is -0.395 e. The van der Waals surface area contributed by atoms with Crippen LogP contribution < -0.4 is 5.32 Å². The number of benzene rings is 1. The van der Waals surface area contributed by atoms with E-state index >= 15 is 0 Å². The number of carbonyl (C=O) groups excluding carboxylic acids is 1. The Kier molecular flexibility index (Phi) is 7.10. The third kappa shape index (κ3) is 5.55. The van der Waals surface area contributed by atoms with Crippen LogP contribution in [-0.4, -0.2) is 35.2 Å². The fraction of sp³-hybridized carbons (Fsp3) is 0.562. The van der Waals surface area contributed by atoms with E-state index in [0.717, 1.165) is 6.42 Å². The first-order valence-corrected chi connectivity index (χ1v) is 8.25. The van der Waals surface area contributed by atoms with Crippen molar-refractivity contribution in [1.82, 2.24) is 5.32 Å². The predicted octanol–water partition coefficient (Wildman–Crippen LogP) is 2.46. The lowest BCUT2D eigenvalue weighted by Crippen LogP contribution is -2.41. The maximum absolute atomic E-state index is 11.9. The molecular weight excluding hydrogens is 270 g/mol. The minimum absolute atomic E-state index is 0.0123. The van der Waals surface area contributed by atoms with Crippen LogP contribution in [0.25, 0.3) is 0 Å². The van der Waals surface area contributed by atoms with Gasteiger partial charge in [0.05, 0.1) is 6.61 Å². The van der Waals surface area contributed by atoms with E-state index in [1.807, 2.05) is 13.2 Å². The van der Waals surface area contributed by atoms with Crippen LogP contribution in [0, 0.1) is 13.8 Å². The molecule has 1 aromatic carbocycles. The van der Waals surface area contributed by atoms with Gasteiger partial charge in [-0.3, -0.25) is 4.79 Å². The molecule has 0 aliphatic carbocycles. The van der Waals surface area contributed by atoms with Crippen molar-refractivity contribution in [3.8, 4) is 0 Å². The summed E-state index contributed by atoms with van der Waals surface area (Å²) in [6.07, 6.45) is 3.18. The quantitative estimate of drug-likeness (QED) is 0.812. The Balaban J connectivity index is 2.47. The zero-order valence-corrected chi connectivity index (χ0v) is 13.6. The predicted molar refractivity (Wildman–Crippen MR) is 86.2 cm³/mol. The van der Waals surface area contributed by atoms with Crippen LogP contribution in [0.4, 0.5) is 0 Å². The highest BCUT2D eigenvalue weighted by molar-refractivity contribution is 7.99. The highest BCUT2D eigenvalue weighted by Gasteiger charge is 2.17. The van der Waals surface area contributed by atoms with E-state index in [2.05, 4.69) is 37.4 Å². The molecule has 1 rings (SSSR count). The Labute approximate surface area is 126 Å². The van der Waals surface area contributed by atoms with Gasteiger partial charge in [0.1, 0.15) is 0 Å². The number of amides is 1. The van der Waals surface area contributed by atoms with Crippen molar-refractivity contribution in [2.45, 2.75) is 44.9 Å². The molecule has 4 heteroatoms. The molecule has 0 bridgehead atoms. The number of aryl methyl sites for hydroxylation is 3. The molecule has 0 saturated carbocycles.